The van der Waals surface area contributed by atoms with Gasteiger partial charge in [-0.1, -0.05) is 33.3 Å². The van der Waals surface area contributed by atoms with Gasteiger partial charge in [-0.05, 0) is 30.2 Å². The molecule has 12 heteroatoms. The van der Waals surface area contributed by atoms with Crippen molar-refractivity contribution >= 4 is 40.6 Å². The van der Waals surface area contributed by atoms with E-state index in [1.54, 1.807) is 17.5 Å². The van der Waals surface area contributed by atoms with Crippen molar-refractivity contribution in [1.82, 2.24) is 14.9 Å². The number of thiophene rings is 1. The lowest BCUT2D eigenvalue weighted by Gasteiger charge is -2.25. The third kappa shape index (κ3) is 7.30. The number of carbonyl (C=O) groups is 3. The highest BCUT2D eigenvalue weighted by Gasteiger charge is 2.25. The maximum Gasteiger partial charge on any atom is 0.330 e. The fourth-order valence-electron chi connectivity index (χ4n) is 3.04. The number of nitrogens with two attached hydrogens (primary N) is 1. The molecule has 2 heterocycles. The van der Waals surface area contributed by atoms with Gasteiger partial charge in [0.25, 0.3) is 17.4 Å². The molecule has 0 unspecified atom stereocenters. The van der Waals surface area contributed by atoms with E-state index in [2.05, 4.69) is 10.3 Å². The number of nitrogens with one attached hydrogen (secondary N) is 2. The molecule has 2 aromatic rings. The zero-order valence-electron chi connectivity index (χ0n) is 19.6. The maximum atomic E-state index is 13.0. The van der Waals surface area contributed by atoms with Crippen molar-refractivity contribution in [3.63, 3.8) is 0 Å². The highest BCUT2D eigenvalue weighted by molar-refractivity contribution is 7.12. The van der Waals surface area contributed by atoms with E-state index in [9.17, 15) is 24.0 Å². The molecule has 0 atom stereocenters. The first kappa shape index (κ1) is 26.8. The molecule has 0 saturated carbocycles. The van der Waals surface area contributed by atoms with E-state index in [0.717, 1.165) is 11.3 Å². The molecule has 186 valence electrons. The summed E-state index contributed by atoms with van der Waals surface area (Å²) in [6.45, 7) is 5.21. The van der Waals surface area contributed by atoms with Crippen LogP contribution in [0.5, 0.6) is 0 Å². The van der Waals surface area contributed by atoms with Crippen molar-refractivity contribution in [3.8, 4) is 0 Å². The minimum absolute atomic E-state index is 0.117. The number of aromatic nitrogens is 2. The van der Waals surface area contributed by atoms with Gasteiger partial charge in [-0.25, -0.2) is 4.79 Å². The second kappa shape index (κ2) is 12.7. The number of aromatic amines is 1. The molecule has 2 aromatic heterocycles. The fraction of sp³-hybridized carbons (Fsp3) is 0.500. The van der Waals surface area contributed by atoms with Gasteiger partial charge in [0.15, 0.2) is 12.3 Å². The van der Waals surface area contributed by atoms with Gasteiger partial charge in [-0.2, -0.15) is 0 Å². The number of rotatable bonds is 12. The van der Waals surface area contributed by atoms with E-state index in [1.807, 2.05) is 20.8 Å². The minimum Gasteiger partial charge on any atom is -0.454 e. The Kier molecular flexibility index (Phi) is 10.0. The smallest absolute Gasteiger partial charge is 0.330 e. The van der Waals surface area contributed by atoms with Crippen LogP contribution in [0, 0.1) is 5.92 Å². The van der Waals surface area contributed by atoms with Crippen LogP contribution in [-0.2, 0) is 20.9 Å². The number of ether oxygens (including phenoxy) is 1. The Morgan fingerprint density at radius 3 is 2.65 bits per heavy atom. The van der Waals surface area contributed by atoms with Crippen molar-refractivity contribution in [3.05, 3.63) is 43.2 Å². The summed E-state index contributed by atoms with van der Waals surface area (Å²) in [6, 6.07) is 3.32. The molecule has 0 saturated heterocycles. The summed E-state index contributed by atoms with van der Waals surface area (Å²) >= 11 is 1.23. The van der Waals surface area contributed by atoms with E-state index >= 15 is 0 Å². The Morgan fingerprint density at radius 1 is 1.29 bits per heavy atom. The zero-order valence-corrected chi connectivity index (χ0v) is 20.4. The molecule has 4 N–H and O–H groups in total. The normalized spacial score (nSPS) is 10.8. The van der Waals surface area contributed by atoms with Crippen molar-refractivity contribution in [2.45, 2.75) is 46.6 Å². The quantitative estimate of drug-likeness (QED) is 0.377. The van der Waals surface area contributed by atoms with Gasteiger partial charge in [0, 0.05) is 13.1 Å². The number of esters is 1. The molecule has 0 spiro atoms. The molecule has 0 bridgehead atoms. The average Bonchev–Trinajstić information content (AvgIpc) is 3.32. The molecule has 0 aliphatic rings. The Balaban J connectivity index is 2.15. The third-order valence-corrected chi connectivity index (χ3v) is 5.81. The van der Waals surface area contributed by atoms with Crippen LogP contribution >= 0.6 is 11.3 Å². The standard InChI is InChI=1S/C22H31N5O6S/c1-4-5-9-27-19(23)18(21(31)25-22(27)32)26(10-8-14(2)3)16(28)13-33-17(29)12-24-20(30)15-7-6-11-34-15/h6-7,11,14H,4-5,8-10,12-13,23H2,1-3H3,(H,24,30)(H,25,31,32). The van der Waals surface area contributed by atoms with Crippen LogP contribution in [0.25, 0.3) is 0 Å². The molecule has 34 heavy (non-hydrogen) atoms. The Hall–Kier alpha value is -3.41. The number of hydrogen-bond donors (Lipinski definition) is 3. The number of nitrogen functional groups attached to an aromatic ring is 1. The molecule has 0 aliphatic heterocycles. The molecule has 0 radical (unpaired) electrons. The number of carbonyl (C=O) groups excluding carboxylic acids is 3. The van der Waals surface area contributed by atoms with Gasteiger partial charge in [0.2, 0.25) is 0 Å². The highest BCUT2D eigenvalue weighted by Crippen LogP contribution is 2.19. The summed E-state index contributed by atoms with van der Waals surface area (Å²) in [5.74, 6) is -1.82. The van der Waals surface area contributed by atoms with Gasteiger partial charge < -0.3 is 20.7 Å². The molecule has 0 aliphatic carbocycles. The van der Waals surface area contributed by atoms with E-state index in [-0.39, 0.29) is 30.5 Å². The van der Waals surface area contributed by atoms with E-state index in [4.69, 9.17) is 10.5 Å². The van der Waals surface area contributed by atoms with Gasteiger partial charge in [0.1, 0.15) is 12.4 Å². The average molecular weight is 494 g/mol. The minimum atomic E-state index is -0.808. The first-order chi connectivity index (χ1) is 16.1. The number of amides is 2. The SMILES string of the molecule is CCCCn1c(N)c(N(CCC(C)C)C(=O)COC(=O)CNC(=O)c2cccs2)c(=O)[nH]c1=O. The summed E-state index contributed by atoms with van der Waals surface area (Å²) in [7, 11) is 0. The van der Waals surface area contributed by atoms with Crippen molar-refractivity contribution in [2.75, 3.05) is 30.3 Å². The molecular formula is C22H31N5O6S. The van der Waals surface area contributed by atoms with Crippen molar-refractivity contribution < 1.29 is 19.1 Å². The van der Waals surface area contributed by atoms with Gasteiger partial charge >= 0.3 is 11.7 Å². The Bertz CT molecular complexity index is 1110. The molecular weight excluding hydrogens is 462 g/mol. The topological polar surface area (TPSA) is 157 Å². The largest absolute Gasteiger partial charge is 0.454 e. The summed E-state index contributed by atoms with van der Waals surface area (Å²) in [5, 5.41) is 4.15. The molecule has 11 nitrogen and oxygen atoms in total. The molecule has 0 aromatic carbocycles. The number of nitrogens with zero attached hydrogens (tertiary/aromatic N) is 2. The number of H-pyrrole nitrogens is 1. The van der Waals surface area contributed by atoms with Gasteiger partial charge in [0.05, 0.1) is 4.88 Å². The van der Waals surface area contributed by atoms with Crippen LogP contribution in [0.3, 0.4) is 0 Å². The number of unbranched alkanes of at least 4 members (excludes halogenated alkanes) is 1. The predicted molar refractivity (Wildman–Crippen MR) is 130 cm³/mol. The summed E-state index contributed by atoms with van der Waals surface area (Å²) in [5.41, 5.74) is 4.56. The summed E-state index contributed by atoms with van der Waals surface area (Å²) < 4.78 is 6.24. The summed E-state index contributed by atoms with van der Waals surface area (Å²) in [4.78, 5) is 65.6. The lowest BCUT2D eigenvalue weighted by Crippen LogP contribution is -2.43. The first-order valence-corrected chi connectivity index (χ1v) is 11.9. The van der Waals surface area contributed by atoms with Crippen LogP contribution in [0.15, 0.2) is 27.1 Å². The van der Waals surface area contributed by atoms with Gasteiger partial charge in [-0.3, -0.25) is 28.7 Å². The van der Waals surface area contributed by atoms with Crippen LogP contribution in [0.1, 0.15) is 49.7 Å². The first-order valence-electron chi connectivity index (χ1n) is 11.1. The van der Waals surface area contributed by atoms with E-state index in [0.29, 0.717) is 17.7 Å². The van der Waals surface area contributed by atoms with Crippen molar-refractivity contribution in [2.24, 2.45) is 5.92 Å². The second-order valence-electron chi connectivity index (χ2n) is 8.05. The molecule has 0 fully saturated rings. The van der Waals surface area contributed by atoms with Crippen LogP contribution in [0.2, 0.25) is 0 Å². The lowest BCUT2D eigenvalue weighted by molar-refractivity contribution is -0.146. The molecule has 2 amide bonds. The fourth-order valence-corrected chi connectivity index (χ4v) is 3.68. The number of hydrogen-bond acceptors (Lipinski definition) is 8. The summed E-state index contributed by atoms with van der Waals surface area (Å²) in [6.07, 6.45) is 2.00. The van der Waals surface area contributed by atoms with E-state index < -0.39 is 42.2 Å². The Morgan fingerprint density at radius 2 is 2.03 bits per heavy atom. The third-order valence-electron chi connectivity index (χ3n) is 4.95. The Labute approximate surface area is 200 Å². The van der Waals surface area contributed by atoms with Crippen LogP contribution in [-0.4, -0.2) is 47.0 Å². The zero-order chi connectivity index (χ0) is 25.3. The maximum absolute atomic E-state index is 13.0. The van der Waals surface area contributed by atoms with Crippen molar-refractivity contribution in [1.29, 1.82) is 0 Å². The van der Waals surface area contributed by atoms with E-state index in [1.165, 1.54) is 15.9 Å². The number of anilines is 2. The second-order valence-corrected chi connectivity index (χ2v) is 8.99. The highest BCUT2D eigenvalue weighted by atomic mass is 32.1. The van der Waals surface area contributed by atoms with Crippen LogP contribution in [0.4, 0.5) is 11.5 Å². The van der Waals surface area contributed by atoms with Crippen LogP contribution < -0.4 is 27.2 Å². The predicted octanol–water partition coefficient (Wildman–Crippen LogP) is 1.33. The lowest BCUT2D eigenvalue weighted by atomic mass is 10.1. The van der Waals surface area contributed by atoms with Gasteiger partial charge in [-0.15, -0.1) is 11.3 Å². The monoisotopic (exact) mass is 493 g/mol. The molecule has 2 rings (SSSR count).